The van der Waals surface area contributed by atoms with Crippen molar-refractivity contribution >= 4 is 28.3 Å². The summed E-state index contributed by atoms with van der Waals surface area (Å²) in [5.74, 6) is -0.747. The Bertz CT molecular complexity index is 1680. The van der Waals surface area contributed by atoms with Crippen LogP contribution in [0.25, 0.3) is 16.5 Å². The van der Waals surface area contributed by atoms with Crippen LogP contribution in [0, 0.1) is 5.82 Å². The number of carbonyl (C=O) groups is 2. The predicted molar refractivity (Wildman–Crippen MR) is 152 cm³/mol. The van der Waals surface area contributed by atoms with E-state index >= 15 is 0 Å². The molecule has 0 aliphatic carbocycles. The first-order chi connectivity index (χ1) is 18.9. The summed E-state index contributed by atoms with van der Waals surface area (Å²) >= 11 is 0. The van der Waals surface area contributed by atoms with E-state index in [1.807, 2.05) is 98.9 Å². The average Bonchev–Trinajstić information content (AvgIpc) is 3.45. The topological polar surface area (TPSA) is 45.6 Å². The summed E-state index contributed by atoms with van der Waals surface area (Å²) in [5, 5.41) is 1.83. The van der Waals surface area contributed by atoms with Gasteiger partial charge in [0, 0.05) is 17.8 Å². The fourth-order valence-electron chi connectivity index (χ4n) is 5.50. The third-order valence-corrected chi connectivity index (χ3v) is 7.38. The summed E-state index contributed by atoms with van der Waals surface area (Å²) in [4.78, 5) is 31.6. The highest BCUT2D eigenvalue weighted by Gasteiger charge is 2.37. The number of aromatic nitrogens is 1. The molecular weight excluding hydrogens is 489 g/mol. The molecular formula is C33H28FN3O2. The molecule has 0 saturated carbocycles. The maximum atomic E-state index is 14.3. The second kappa shape index (κ2) is 9.87. The fraction of sp³-hybridized carbons (Fsp3) is 0.152. The lowest BCUT2D eigenvalue weighted by Gasteiger charge is -2.40. The average molecular weight is 518 g/mol. The molecule has 39 heavy (non-hydrogen) atoms. The number of benzene rings is 4. The van der Waals surface area contributed by atoms with Gasteiger partial charge in [-0.2, -0.15) is 0 Å². The van der Waals surface area contributed by atoms with Gasteiger partial charge in [-0.1, -0.05) is 60.7 Å². The number of anilines is 1. The van der Waals surface area contributed by atoms with Crippen LogP contribution in [0.3, 0.4) is 0 Å². The van der Waals surface area contributed by atoms with Gasteiger partial charge in [-0.3, -0.25) is 14.5 Å². The van der Waals surface area contributed by atoms with Crippen LogP contribution in [-0.2, 0) is 4.79 Å². The van der Waals surface area contributed by atoms with Gasteiger partial charge >= 0.3 is 0 Å². The van der Waals surface area contributed by atoms with Gasteiger partial charge in [0.05, 0.1) is 17.1 Å². The van der Waals surface area contributed by atoms with E-state index < -0.39 is 6.04 Å². The second-order valence-electron chi connectivity index (χ2n) is 10.1. The van der Waals surface area contributed by atoms with Gasteiger partial charge in [0.1, 0.15) is 18.4 Å². The Morgan fingerprint density at radius 1 is 0.821 bits per heavy atom. The maximum Gasteiger partial charge on any atom is 0.255 e. The van der Waals surface area contributed by atoms with Crippen LogP contribution >= 0.6 is 0 Å². The first-order valence-corrected chi connectivity index (χ1v) is 13.1. The summed E-state index contributed by atoms with van der Waals surface area (Å²) in [6, 6.07) is 30.6. The summed E-state index contributed by atoms with van der Waals surface area (Å²) in [5.41, 5.74) is 3.86. The van der Waals surface area contributed by atoms with E-state index in [1.165, 1.54) is 12.1 Å². The van der Waals surface area contributed by atoms with Gasteiger partial charge in [0.15, 0.2) is 0 Å². The molecule has 1 aliphatic rings. The Morgan fingerprint density at radius 2 is 1.51 bits per heavy atom. The minimum absolute atomic E-state index is 0.105. The van der Waals surface area contributed by atoms with Crippen molar-refractivity contribution in [2.24, 2.45) is 0 Å². The van der Waals surface area contributed by atoms with Crippen LogP contribution in [-0.4, -0.2) is 33.9 Å². The van der Waals surface area contributed by atoms with Crippen LogP contribution in [0.4, 0.5) is 10.1 Å². The van der Waals surface area contributed by atoms with Crippen molar-refractivity contribution in [3.8, 4) is 5.69 Å². The van der Waals surface area contributed by atoms with E-state index in [1.54, 1.807) is 21.9 Å². The van der Waals surface area contributed by atoms with Crippen molar-refractivity contribution in [1.82, 2.24) is 9.47 Å². The molecule has 0 spiro atoms. The minimum atomic E-state index is -0.482. The van der Waals surface area contributed by atoms with Gasteiger partial charge in [-0.15, -0.1) is 0 Å². The monoisotopic (exact) mass is 517 g/mol. The molecule has 0 fully saturated rings. The van der Waals surface area contributed by atoms with Gasteiger partial charge in [0.25, 0.3) is 5.91 Å². The Hall–Kier alpha value is -4.71. The molecule has 0 N–H and O–H groups in total. The van der Waals surface area contributed by atoms with E-state index in [9.17, 15) is 14.0 Å². The van der Waals surface area contributed by atoms with E-state index in [0.717, 1.165) is 33.4 Å². The Labute approximate surface area is 226 Å². The summed E-state index contributed by atoms with van der Waals surface area (Å²) < 4.78 is 15.9. The summed E-state index contributed by atoms with van der Waals surface area (Å²) in [6.45, 7) is 3.73. The zero-order valence-corrected chi connectivity index (χ0v) is 21.8. The lowest BCUT2D eigenvalue weighted by molar-refractivity contribution is -0.120. The van der Waals surface area contributed by atoms with Crippen molar-refractivity contribution in [3.63, 3.8) is 0 Å². The third-order valence-electron chi connectivity index (χ3n) is 7.38. The molecule has 1 aromatic heterocycles. The van der Waals surface area contributed by atoms with Crippen LogP contribution in [0.5, 0.6) is 0 Å². The minimum Gasteiger partial charge on any atom is -0.327 e. The van der Waals surface area contributed by atoms with Crippen LogP contribution < -0.4 is 4.90 Å². The third kappa shape index (κ3) is 4.28. The number of para-hydroxylation sites is 2. The fourth-order valence-corrected chi connectivity index (χ4v) is 5.50. The molecule has 1 atom stereocenters. The first kappa shape index (κ1) is 24.6. The lowest BCUT2D eigenvalue weighted by Crippen LogP contribution is -2.48. The predicted octanol–water partition coefficient (Wildman–Crippen LogP) is 6.76. The zero-order valence-electron chi connectivity index (χ0n) is 21.8. The van der Waals surface area contributed by atoms with Crippen molar-refractivity contribution < 1.29 is 14.0 Å². The van der Waals surface area contributed by atoms with E-state index in [2.05, 4.69) is 4.57 Å². The smallest absolute Gasteiger partial charge is 0.255 e. The van der Waals surface area contributed by atoms with Gasteiger partial charge in [-0.25, -0.2) is 4.39 Å². The highest BCUT2D eigenvalue weighted by molar-refractivity contribution is 6.09. The Morgan fingerprint density at radius 3 is 2.28 bits per heavy atom. The molecule has 0 saturated heterocycles. The number of halogens is 1. The largest absolute Gasteiger partial charge is 0.327 e. The Kier molecular flexibility index (Phi) is 6.23. The van der Waals surface area contributed by atoms with Crippen molar-refractivity contribution in [2.45, 2.75) is 25.9 Å². The quantitative estimate of drug-likeness (QED) is 0.259. The molecule has 0 radical (unpaired) electrons. The molecule has 6 rings (SSSR count). The van der Waals surface area contributed by atoms with Crippen molar-refractivity contribution in [3.05, 3.63) is 132 Å². The molecule has 5 aromatic rings. The molecule has 2 heterocycles. The number of nitrogens with zero attached hydrogens (tertiary/aromatic N) is 3. The molecule has 6 heteroatoms. The van der Waals surface area contributed by atoms with Gasteiger partial charge < -0.3 is 9.47 Å². The second-order valence-corrected chi connectivity index (χ2v) is 10.1. The summed E-state index contributed by atoms with van der Waals surface area (Å²) in [7, 11) is 0. The van der Waals surface area contributed by atoms with E-state index in [-0.39, 0.29) is 30.2 Å². The molecule has 0 bridgehead atoms. The standard InChI is InChI=1S/C33H28FN3O2/c1-22(2)36(33(39)27-12-7-10-23-9-3-4-11-26(23)27)21-31(38)37-29-14-6-5-13-28(29)35-20-8-15-30(35)32(37)24-16-18-25(34)19-17-24/h3-20,22,32H,21H2,1-2H3/t32-/m1/s1. The zero-order chi connectivity index (χ0) is 27.1. The number of rotatable bonds is 5. The molecule has 0 unspecified atom stereocenters. The van der Waals surface area contributed by atoms with Crippen LogP contribution in [0.2, 0.25) is 0 Å². The number of amides is 2. The van der Waals surface area contributed by atoms with Crippen molar-refractivity contribution in [2.75, 3.05) is 11.4 Å². The molecule has 4 aromatic carbocycles. The normalized spacial score (nSPS) is 14.3. The summed E-state index contributed by atoms with van der Waals surface area (Å²) in [6.07, 6.45) is 1.97. The van der Waals surface area contributed by atoms with Crippen molar-refractivity contribution in [1.29, 1.82) is 0 Å². The van der Waals surface area contributed by atoms with Gasteiger partial charge in [0.2, 0.25) is 5.91 Å². The molecule has 5 nitrogen and oxygen atoms in total. The van der Waals surface area contributed by atoms with Crippen LogP contribution in [0.1, 0.15) is 41.5 Å². The Balaban J connectivity index is 1.42. The van der Waals surface area contributed by atoms with Gasteiger partial charge in [-0.05, 0) is 72.6 Å². The van der Waals surface area contributed by atoms with Crippen LogP contribution in [0.15, 0.2) is 109 Å². The molecule has 194 valence electrons. The maximum absolute atomic E-state index is 14.3. The number of hydrogen-bond donors (Lipinski definition) is 0. The first-order valence-electron chi connectivity index (χ1n) is 13.1. The highest BCUT2D eigenvalue weighted by atomic mass is 19.1. The number of carbonyl (C=O) groups excluding carboxylic acids is 2. The number of fused-ring (bicyclic) bond motifs is 4. The lowest BCUT2D eigenvalue weighted by atomic mass is 9.97. The van der Waals surface area contributed by atoms with E-state index in [0.29, 0.717) is 5.56 Å². The highest BCUT2D eigenvalue weighted by Crippen LogP contribution is 2.42. The number of hydrogen-bond acceptors (Lipinski definition) is 2. The molecule has 1 aliphatic heterocycles. The van der Waals surface area contributed by atoms with E-state index in [4.69, 9.17) is 0 Å². The SMILES string of the molecule is CC(C)N(CC(=O)N1c2ccccc2-n2cccc2[C@H]1c1ccc(F)cc1)C(=O)c1cccc2ccccc12. The molecule has 2 amide bonds.